The Bertz CT molecular complexity index is 1030. The molecule has 0 aromatic heterocycles. The smallest absolute Gasteiger partial charge is 0.124 e. The van der Waals surface area contributed by atoms with E-state index >= 15 is 0 Å². The van der Waals surface area contributed by atoms with Crippen LogP contribution in [0.4, 0.5) is 0 Å². The first-order valence-electron chi connectivity index (χ1n) is 10.9. The molecular weight excluding hydrogens is 578 g/mol. The third-order valence-corrected chi connectivity index (χ3v) is 6.92. The molecule has 1 N–H and O–H groups in total. The highest BCUT2D eigenvalue weighted by Crippen LogP contribution is 2.27. The van der Waals surface area contributed by atoms with Gasteiger partial charge in [-0.3, -0.25) is 4.90 Å². The summed E-state index contributed by atoms with van der Waals surface area (Å²) in [6.07, 6.45) is 2.30. The van der Waals surface area contributed by atoms with Gasteiger partial charge in [-0.15, -0.1) is 24.8 Å². The molecule has 0 saturated carbocycles. The van der Waals surface area contributed by atoms with Gasteiger partial charge in [-0.2, -0.15) is 0 Å². The van der Waals surface area contributed by atoms with Crippen molar-refractivity contribution in [2.75, 3.05) is 13.1 Å². The lowest BCUT2D eigenvalue weighted by Gasteiger charge is -2.32. The third kappa shape index (κ3) is 8.60. The largest absolute Gasteiger partial charge is 0.489 e. The maximum Gasteiger partial charge on any atom is 0.124 e. The molecule has 0 amide bonds. The van der Waals surface area contributed by atoms with E-state index in [-0.39, 0.29) is 24.8 Å². The van der Waals surface area contributed by atoms with Crippen LogP contribution in [0.2, 0.25) is 10.0 Å². The molecule has 0 spiro atoms. The number of hydrogen-bond acceptors (Lipinski definition) is 3. The summed E-state index contributed by atoms with van der Waals surface area (Å²) >= 11 is 15.9. The molecule has 0 aliphatic carbocycles. The molecule has 1 saturated heterocycles. The molecular formula is C26H29BrCl4N2O. The highest BCUT2D eigenvalue weighted by molar-refractivity contribution is 9.10. The topological polar surface area (TPSA) is 24.5 Å². The quantitative estimate of drug-likeness (QED) is 0.282. The number of hydrogen-bond donors (Lipinski definition) is 1. The van der Waals surface area contributed by atoms with Gasteiger partial charge in [-0.25, -0.2) is 0 Å². The predicted molar refractivity (Wildman–Crippen MR) is 151 cm³/mol. The van der Waals surface area contributed by atoms with Crippen LogP contribution in [0, 0.1) is 0 Å². The Morgan fingerprint density at radius 3 is 2.35 bits per heavy atom. The highest BCUT2D eigenvalue weighted by Gasteiger charge is 2.19. The molecule has 3 aromatic carbocycles. The number of benzene rings is 3. The van der Waals surface area contributed by atoms with Gasteiger partial charge >= 0.3 is 0 Å². The van der Waals surface area contributed by atoms with Crippen LogP contribution in [0.25, 0.3) is 0 Å². The number of ether oxygens (including phenoxy) is 1. The summed E-state index contributed by atoms with van der Waals surface area (Å²) in [5, 5.41) is 4.98. The number of piperidine rings is 1. The molecule has 4 rings (SSSR count). The van der Waals surface area contributed by atoms with E-state index in [1.807, 2.05) is 24.3 Å². The Labute approximate surface area is 233 Å². The molecule has 1 fully saturated rings. The van der Waals surface area contributed by atoms with Gasteiger partial charge < -0.3 is 10.1 Å². The summed E-state index contributed by atoms with van der Waals surface area (Å²) in [5.74, 6) is 0.869. The van der Waals surface area contributed by atoms with Crippen LogP contribution in [0.15, 0.2) is 71.2 Å². The number of nitrogens with zero attached hydrogens (tertiary/aromatic N) is 1. The zero-order chi connectivity index (χ0) is 22.3. The molecule has 1 aliphatic heterocycles. The van der Waals surface area contributed by atoms with Crippen molar-refractivity contribution in [3.63, 3.8) is 0 Å². The van der Waals surface area contributed by atoms with E-state index in [1.54, 1.807) is 6.07 Å². The molecule has 34 heavy (non-hydrogen) atoms. The second-order valence-corrected chi connectivity index (χ2v) is 9.95. The molecule has 184 valence electrons. The monoisotopic (exact) mass is 604 g/mol. The van der Waals surface area contributed by atoms with Crippen LogP contribution in [-0.2, 0) is 19.7 Å². The Morgan fingerprint density at radius 1 is 0.912 bits per heavy atom. The van der Waals surface area contributed by atoms with Gasteiger partial charge in [0.2, 0.25) is 0 Å². The minimum absolute atomic E-state index is 0. The van der Waals surface area contributed by atoms with Gasteiger partial charge in [-0.1, -0.05) is 75.5 Å². The minimum atomic E-state index is 0. The second-order valence-electron chi connectivity index (χ2n) is 8.19. The first-order chi connectivity index (χ1) is 15.6. The molecule has 1 heterocycles. The zero-order valence-electron chi connectivity index (χ0n) is 18.7. The van der Waals surface area contributed by atoms with Crippen molar-refractivity contribution in [3.8, 4) is 5.75 Å². The van der Waals surface area contributed by atoms with Crippen molar-refractivity contribution in [2.45, 2.75) is 38.6 Å². The van der Waals surface area contributed by atoms with Gasteiger partial charge in [0.1, 0.15) is 12.4 Å². The van der Waals surface area contributed by atoms with Crippen LogP contribution < -0.4 is 10.1 Å². The van der Waals surface area contributed by atoms with Gasteiger partial charge in [0.25, 0.3) is 0 Å². The fourth-order valence-corrected chi connectivity index (χ4v) is 4.88. The van der Waals surface area contributed by atoms with Crippen molar-refractivity contribution < 1.29 is 4.74 Å². The van der Waals surface area contributed by atoms with Crippen molar-refractivity contribution in [1.29, 1.82) is 0 Å². The van der Waals surface area contributed by atoms with E-state index in [4.69, 9.17) is 27.9 Å². The molecule has 1 aliphatic rings. The zero-order valence-corrected chi connectivity index (χ0v) is 23.4. The van der Waals surface area contributed by atoms with Crippen LogP contribution in [0.5, 0.6) is 5.75 Å². The van der Waals surface area contributed by atoms with Gasteiger partial charge in [-0.05, 0) is 61.8 Å². The standard InChI is InChI=1S/C26H27BrCl2N2O.2ClH/c27-22-7-9-26(32-18-20-6-8-23(28)15-25(20)29)21(14-22)16-30-24-10-12-31(13-11-24)17-19-4-2-1-3-5-19;;/h1-9,14-15,24,30H,10-13,16-18H2;2*1H. The first kappa shape index (κ1) is 29.3. The van der Waals surface area contributed by atoms with Crippen LogP contribution in [-0.4, -0.2) is 24.0 Å². The van der Waals surface area contributed by atoms with Gasteiger partial charge in [0.05, 0.1) is 0 Å². The van der Waals surface area contributed by atoms with E-state index in [1.165, 1.54) is 5.56 Å². The maximum absolute atomic E-state index is 6.30. The third-order valence-electron chi connectivity index (χ3n) is 5.84. The van der Waals surface area contributed by atoms with Crippen LogP contribution >= 0.6 is 63.9 Å². The van der Waals surface area contributed by atoms with Crippen molar-refractivity contribution >= 4 is 63.9 Å². The van der Waals surface area contributed by atoms with E-state index in [0.29, 0.717) is 22.7 Å². The summed E-state index contributed by atoms with van der Waals surface area (Å²) in [6.45, 7) is 4.44. The summed E-state index contributed by atoms with van der Waals surface area (Å²) in [4.78, 5) is 2.54. The first-order valence-corrected chi connectivity index (χ1v) is 12.5. The Kier molecular flexibility index (Phi) is 12.5. The lowest BCUT2D eigenvalue weighted by atomic mass is 10.0. The number of rotatable bonds is 8. The van der Waals surface area contributed by atoms with E-state index in [0.717, 1.165) is 60.4 Å². The lowest BCUT2D eigenvalue weighted by molar-refractivity contribution is 0.189. The molecule has 0 atom stereocenters. The molecule has 3 nitrogen and oxygen atoms in total. The summed E-state index contributed by atoms with van der Waals surface area (Å²) < 4.78 is 7.17. The summed E-state index contributed by atoms with van der Waals surface area (Å²) in [5.41, 5.74) is 3.44. The normalized spacial score (nSPS) is 14.2. The Morgan fingerprint density at radius 2 is 1.65 bits per heavy atom. The Hall–Kier alpha value is -0.980. The number of likely N-dealkylation sites (tertiary alicyclic amines) is 1. The van der Waals surface area contributed by atoms with E-state index < -0.39 is 0 Å². The molecule has 0 unspecified atom stereocenters. The average Bonchev–Trinajstić information content (AvgIpc) is 2.80. The maximum atomic E-state index is 6.30. The fraction of sp³-hybridized carbons (Fsp3) is 0.308. The summed E-state index contributed by atoms with van der Waals surface area (Å²) in [7, 11) is 0. The summed E-state index contributed by atoms with van der Waals surface area (Å²) in [6, 6.07) is 22.8. The average molecular weight is 607 g/mol. The Balaban J connectivity index is 0.00000204. The van der Waals surface area contributed by atoms with Crippen molar-refractivity contribution in [3.05, 3.63) is 97.9 Å². The minimum Gasteiger partial charge on any atom is -0.489 e. The SMILES string of the molecule is Cl.Cl.Clc1ccc(COc2ccc(Br)cc2CNC2CCN(Cc3ccccc3)CC2)c(Cl)c1. The molecule has 3 aromatic rings. The van der Waals surface area contributed by atoms with Gasteiger partial charge in [0, 0.05) is 44.8 Å². The van der Waals surface area contributed by atoms with Crippen molar-refractivity contribution in [1.82, 2.24) is 10.2 Å². The molecule has 0 radical (unpaired) electrons. The molecule has 0 bridgehead atoms. The van der Waals surface area contributed by atoms with E-state index in [2.05, 4.69) is 62.5 Å². The highest BCUT2D eigenvalue weighted by atomic mass is 79.9. The van der Waals surface area contributed by atoms with Crippen LogP contribution in [0.3, 0.4) is 0 Å². The van der Waals surface area contributed by atoms with Crippen LogP contribution in [0.1, 0.15) is 29.5 Å². The second kappa shape index (κ2) is 14.5. The van der Waals surface area contributed by atoms with E-state index in [9.17, 15) is 0 Å². The van der Waals surface area contributed by atoms with Gasteiger partial charge in [0.15, 0.2) is 0 Å². The lowest BCUT2D eigenvalue weighted by Crippen LogP contribution is -2.41. The van der Waals surface area contributed by atoms with Crippen molar-refractivity contribution in [2.24, 2.45) is 0 Å². The fourth-order valence-electron chi connectivity index (χ4n) is 4.01. The predicted octanol–water partition coefficient (Wildman–Crippen LogP) is 7.93. The molecule has 8 heteroatoms. The number of halogens is 5. The number of nitrogens with one attached hydrogen (secondary N) is 1.